The summed E-state index contributed by atoms with van der Waals surface area (Å²) in [6.07, 6.45) is 1.38. The molecule has 1 aromatic rings. The highest BCUT2D eigenvalue weighted by Crippen LogP contribution is 2.16. The van der Waals surface area contributed by atoms with Crippen LogP contribution in [0.3, 0.4) is 0 Å². The van der Waals surface area contributed by atoms with Crippen LogP contribution in [0.15, 0.2) is 24.3 Å². The van der Waals surface area contributed by atoms with Gasteiger partial charge in [-0.3, -0.25) is 20.4 Å². The van der Waals surface area contributed by atoms with E-state index in [4.69, 9.17) is 5.73 Å². The van der Waals surface area contributed by atoms with E-state index in [0.717, 1.165) is 5.56 Å². The highest BCUT2D eigenvalue weighted by atomic mass is 16.2. The van der Waals surface area contributed by atoms with Gasteiger partial charge in [0.05, 0.1) is 5.92 Å². The highest BCUT2D eigenvalue weighted by Gasteiger charge is 2.27. The Kier molecular flexibility index (Phi) is 4.98. The first-order valence-corrected chi connectivity index (χ1v) is 7.18. The van der Waals surface area contributed by atoms with Gasteiger partial charge in [-0.2, -0.15) is 0 Å². The van der Waals surface area contributed by atoms with Gasteiger partial charge in [-0.15, -0.1) is 0 Å². The summed E-state index contributed by atoms with van der Waals surface area (Å²) in [6, 6.07) is 6.49. The molecule has 1 fully saturated rings. The van der Waals surface area contributed by atoms with Crippen LogP contribution in [0, 0.1) is 12.8 Å². The quantitative estimate of drug-likeness (QED) is 0.695. The molecule has 22 heavy (non-hydrogen) atoms. The van der Waals surface area contributed by atoms with Crippen molar-refractivity contribution >= 4 is 17.8 Å². The predicted molar refractivity (Wildman–Crippen MR) is 80.7 cm³/mol. The van der Waals surface area contributed by atoms with Crippen molar-refractivity contribution in [2.45, 2.75) is 19.8 Å². The van der Waals surface area contributed by atoms with Gasteiger partial charge in [-0.05, 0) is 31.9 Å². The van der Waals surface area contributed by atoms with Crippen LogP contribution in [0.5, 0.6) is 0 Å². The lowest BCUT2D eigenvalue weighted by molar-refractivity contribution is -0.127. The molecule has 0 aliphatic carbocycles. The molecule has 1 aliphatic heterocycles. The van der Waals surface area contributed by atoms with Gasteiger partial charge in [-0.1, -0.05) is 17.7 Å². The number of hydrogen-bond acceptors (Lipinski definition) is 3. The predicted octanol–water partition coefficient (Wildman–Crippen LogP) is 0.547. The van der Waals surface area contributed by atoms with E-state index in [0.29, 0.717) is 24.9 Å². The summed E-state index contributed by atoms with van der Waals surface area (Å²) in [4.78, 5) is 36.5. The number of nitrogens with two attached hydrogens (primary N) is 1. The van der Waals surface area contributed by atoms with Crippen molar-refractivity contribution in [2.75, 3.05) is 13.1 Å². The third kappa shape index (κ3) is 3.97. The lowest BCUT2D eigenvalue weighted by Gasteiger charge is -2.30. The highest BCUT2D eigenvalue weighted by molar-refractivity contribution is 5.95. The number of aryl methyl sites for hydroxylation is 1. The molecule has 1 saturated heterocycles. The van der Waals surface area contributed by atoms with Crippen molar-refractivity contribution in [1.82, 2.24) is 15.8 Å². The number of piperidine rings is 1. The molecule has 2 rings (SSSR count). The van der Waals surface area contributed by atoms with Gasteiger partial charge in [0.2, 0.25) is 5.91 Å². The summed E-state index contributed by atoms with van der Waals surface area (Å²) < 4.78 is 0. The topological polar surface area (TPSA) is 105 Å². The molecule has 0 aromatic heterocycles. The van der Waals surface area contributed by atoms with Crippen LogP contribution in [0.2, 0.25) is 0 Å². The lowest BCUT2D eigenvalue weighted by atomic mass is 9.98. The average molecular weight is 304 g/mol. The summed E-state index contributed by atoms with van der Waals surface area (Å²) in [5.41, 5.74) is 11.5. The van der Waals surface area contributed by atoms with Gasteiger partial charge in [-0.25, -0.2) is 4.79 Å². The Balaban J connectivity index is 1.85. The molecule has 0 unspecified atom stereocenters. The standard InChI is InChI=1S/C15H20N4O3/c1-10-4-6-11(7-5-10)13(20)17-18-14(21)12-3-2-8-19(9-12)15(16)22/h4-7,12H,2-3,8-9H2,1H3,(H2,16,22)(H,17,20)(H,18,21)/t12-/m1/s1. The fraction of sp³-hybridized carbons (Fsp3) is 0.400. The van der Waals surface area contributed by atoms with E-state index in [2.05, 4.69) is 10.9 Å². The fourth-order valence-corrected chi connectivity index (χ4v) is 2.39. The molecule has 4 N–H and O–H groups in total. The summed E-state index contributed by atoms with van der Waals surface area (Å²) in [5.74, 6) is -1.05. The second-order valence-electron chi connectivity index (χ2n) is 5.43. The Morgan fingerprint density at radius 3 is 2.50 bits per heavy atom. The van der Waals surface area contributed by atoms with Crippen molar-refractivity contribution in [3.05, 3.63) is 35.4 Å². The molecule has 7 heteroatoms. The molecule has 7 nitrogen and oxygen atoms in total. The molecular formula is C15H20N4O3. The van der Waals surface area contributed by atoms with Crippen molar-refractivity contribution in [3.8, 4) is 0 Å². The van der Waals surface area contributed by atoms with Gasteiger partial charge >= 0.3 is 6.03 Å². The maximum absolute atomic E-state index is 12.1. The van der Waals surface area contributed by atoms with Gasteiger partial charge < -0.3 is 10.6 Å². The molecule has 0 spiro atoms. The van der Waals surface area contributed by atoms with Crippen LogP contribution < -0.4 is 16.6 Å². The fourth-order valence-electron chi connectivity index (χ4n) is 2.39. The van der Waals surface area contributed by atoms with Crippen LogP contribution in [0.1, 0.15) is 28.8 Å². The number of likely N-dealkylation sites (tertiary alicyclic amines) is 1. The Hall–Kier alpha value is -2.57. The van der Waals surface area contributed by atoms with Crippen LogP contribution in [-0.4, -0.2) is 35.8 Å². The molecule has 0 saturated carbocycles. The number of benzene rings is 1. The molecular weight excluding hydrogens is 284 g/mol. The van der Waals surface area contributed by atoms with Crippen LogP contribution in [0.25, 0.3) is 0 Å². The lowest BCUT2D eigenvalue weighted by Crippen LogP contribution is -2.50. The molecule has 1 aliphatic rings. The largest absolute Gasteiger partial charge is 0.351 e. The van der Waals surface area contributed by atoms with Crippen molar-refractivity contribution in [2.24, 2.45) is 11.7 Å². The van der Waals surface area contributed by atoms with Gasteiger partial charge in [0.1, 0.15) is 0 Å². The number of carbonyl (C=O) groups is 3. The minimum Gasteiger partial charge on any atom is -0.351 e. The van der Waals surface area contributed by atoms with E-state index in [1.165, 1.54) is 4.90 Å². The third-order valence-electron chi connectivity index (χ3n) is 3.72. The number of primary amides is 1. The zero-order valence-electron chi connectivity index (χ0n) is 12.5. The SMILES string of the molecule is Cc1ccc(C(=O)NNC(=O)[C@@H]2CCCN(C(N)=O)C2)cc1. The number of carbonyl (C=O) groups excluding carboxylic acids is 3. The smallest absolute Gasteiger partial charge is 0.314 e. The number of nitrogens with zero attached hydrogens (tertiary/aromatic N) is 1. The molecule has 1 aromatic carbocycles. The minimum absolute atomic E-state index is 0.279. The van der Waals surface area contributed by atoms with Crippen LogP contribution >= 0.6 is 0 Å². The van der Waals surface area contributed by atoms with Crippen molar-refractivity contribution < 1.29 is 14.4 Å². The van der Waals surface area contributed by atoms with E-state index in [1.807, 2.05) is 19.1 Å². The first kappa shape index (κ1) is 15.8. The number of nitrogens with one attached hydrogen (secondary N) is 2. The monoisotopic (exact) mass is 304 g/mol. The maximum atomic E-state index is 12.1. The number of hydrogen-bond donors (Lipinski definition) is 3. The maximum Gasteiger partial charge on any atom is 0.314 e. The summed E-state index contributed by atoms with van der Waals surface area (Å²) in [5, 5.41) is 0. The summed E-state index contributed by atoms with van der Waals surface area (Å²) in [7, 11) is 0. The zero-order chi connectivity index (χ0) is 16.1. The van der Waals surface area contributed by atoms with Gasteiger partial charge in [0.15, 0.2) is 0 Å². The molecule has 4 amide bonds. The Bertz CT molecular complexity index is 571. The molecule has 0 bridgehead atoms. The molecule has 0 radical (unpaired) electrons. The number of rotatable bonds is 2. The normalized spacial score (nSPS) is 17.7. The molecule has 1 atom stereocenters. The van der Waals surface area contributed by atoms with E-state index in [9.17, 15) is 14.4 Å². The summed E-state index contributed by atoms with van der Waals surface area (Å²) >= 11 is 0. The third-order valence-corrected chi connectivity index (χ3v) is 3.72. The Morgan fingerprint density at radius 1 is 1.18 bits per heavy atom. The zero-order valence-corrected chi connectivity index (χ0v) is 12.5. The first-order chi connectivity index (χ1) is 10.5. The molecule has 118 valence electrons. The van der Waals surface area contributed by atoms with Gasteiger partial charge in [0, 0.05) is 18.7 Å². The first-order valence-electron chi connectivity index (χ1n) is 7.18. The van der Waals surface area contributed by atoms with Crippen LogP contribution in [-0.2, 0) is 4.79 Å². The number of urea groups is 1. The van der Waals surface area contributed by atoms with E-state index < -0.39 is 6.03 Å². The average Bonchev–Trinajstić information content (AvgIpc) is 2.53. The number of amides is 4. The van der Waals surface area contributed by atoms with E-state index in [1.54, 1.807) is 12.1 Å². The van der Waals surface area contributed by atoms with Crippen LogP contribution in [0.4, 0.5) is 4.79 Å². The van der Waals surface area contributed by atoms with Crippen molar-refractivity contribution in [1.29, 1.82) is 0 Å². The second kappa shape index (κ2) is 6.93. The molecule has 1 heterocycles. The van der Waals surface area contributed by atoms with E-state index in [-0.39, 0.29) is 24.3 Å². The van der Waals surface area contributed by atoms with E-state index >= 15 is 0 Å². The van der Waals surface area contributed by atoms with Gasteiger partial charge in [0.25, 0.3) is 5.91 Å². The van der Waals surface area contributed by atoms with Crippen molar-refractivity contribution in [3.63, 3.8) is 0 Å². The second-order valence-corrected chi connectivity index (χ2v) is 5.43. The summed E-state index contributed by atoms with van der Waals surface area (Å²) in [6.45, 7) is 2.77. The minimum atomic E-state index is -0.527. The Morgan fingerprint density at radius 2 is 1.86 bits per heavy atom. The Labute approximate surface area is 128 Å². The number of hydrazine groups is 1.